The molecule has 0 amide bonds. The number of carbonyl (C=O) groups is 1. The van der Waals surface area contributed by atoms with Crippen LogP contribution in [-0.2, 0) is 9.53 Å². The van der Waals surface area contributed by atoms with Crippen molar-refractivity contribution >= 4 is 12.0 Å². The molecule has 1 aromatic carbocycles. The third-order valence-corrected chi connectivity index (χ3v) is 1.61. The molecule has 0 aliphatic rings. The monoisotopic (exact) mass is 211 g/mol. The fourth-order valence-electron chi connectivity index (χ4n) is 0.923. The van der Waals surface area contributed by atoms with E-state index in [1.807, 2.05) is 0 Å². The molecule has 0 aromatic heterocycles. The van der Waals surface area contributed by atoms with Crippen molar-refractivity contribution in [3.05, 3.63) is 35.6 Å². The summed E-state index contributed by atoms with van der Waals surface area (Å²) >= 11 is 0. The van der Waals surface area contributed by atoms with Gasteiger partial charge in [-0.15, -0.1) is 5.75 Å². The van der Waals surface area contributed by atoms with Crippen molar-refractivity contribution in [2.75, 3.05) is 7.11 Å². The van der Waals surface area contributed by atoms with Gasteiger partial charge in [-0.2, -0.15) is 0 Å². The lowest BCUT2D eigenvalue weighted by atomic mass is 10.2. The molecular formula is C10H13NO4. The van der Waals surface area contributed by atoms with Gasteiger partial charge in [0.1, 0.15) is 0 Å². The first-order valence-electron chi connectivity index (χ1n) is 3.89. The molecule has 1 aromatic rings. The highest BCUT2D eigenvalue weighted by atomic mass is 16.5. The molecular weight excluding hydrogens is 198 g/mol. The van der Waals surface area contributed by atoms with Crippen molar-refractivity contribution < 1.29 is 19.7 Å². The van der Waals surface area contributed by atoms with Crippen LogP contribution in [0.15, 0.2) is 30.0 Å². The minimum Gasteiger partial charge on any atom is -0.872 e. The van der Waals surface area contributed by atoms with E-state index in [2.05, 4.69) is 4.74 Å². The zero-order valence-electron chi connectivity index (χ0n) is 8.56. The van der Waals surface area contributed by atoms with Crippen molar-refractivity contribution in [2.24, 2.45) is 0 Å². The van der Waals surface area contributed by atoms with Gasteiger partial charge in [0, 0.05) is 0 Å². The molecule has 0 spiro atoms. The molecule has 5 nitrogen and oxygen atoms in total. The van der Waals surface area contributed by atoms with E-state index in [1.54, 1.807) is 0 Å². The molecule has 1 rings (SSSR count). The van der Waals surface area contributed by atoms with Crippen LogP contribution in [0.25, 0.3) is 6.08 Å². The van der Waals surface area contributed by atoms with Crippen LogP contribution in [0, 0.1) is 0 Å². The molecule has 0 fully saturated rings. The van der Waals surface area contributed by atoms with Crippen LogP contribution in [0.4, 0.5) is 0 Å². The summed E-state index contributed by atoms with van der Waals surface area (Å²) < 4.78 is 4.63. The Hall–Kier alpha value is -2.01. The predicted octanol–water partition coefficient (Wildman–Crippen LogP) is 1.21. The molecule has 0 saturated heterocycles. The van der Waals surface area contributed by atoms with Gasteiger partial charge in [0.25, 0.3) is 0 Å². The fourth-order valence-corrected chi connectivity index (χ4v) is 0.923. The van der Waals surface area contributed by atoms with Crippen LogP contribution in [0.1, 0.15) is 5.56 Å². The Morgan fingerprint density at radius 1 is 1.40 bits per heavy atom. The van der Waals surface area contributed by atoms with Crippen molar-refractivity contribution in [3.63, 3.8) is 0 Å². The van der Waals surface area contributed by atoms with Gasteiger partial charge in [-0.3, -0.25) is 0 Å². The minimum absolute atomic E-state index is 0. The van der Waals surface area contributed by atoms with E-state index in [-0.39, 0.29) is 17.7 Å². The molecule has 82 valence electrons. The summed E-state index contributed by atoms with van der Waals surface area (Å²) in [7, 11) is 1.28. The Balaban J connectivity index is 0.00000196. The number of carboxylic acids is 1. The molecule has 5 N–H and O–H groups in total. The van der Waals surface area contributed by atoms with Crippen LogP contribution in [-0.4, -0.2) is 18.2 Å². The van der Waals surface area contributed by atoms with Gasteiger partial charge in [0.05, 0.1) is 7.11 Å². The Morgan fingerprint density at radius 2 is 1.93 bits per heavy atom. The van der Waals surface area contributed by atoms with E-state index in [0.29, 0.717) is 5.56 Å². The number of ether oxygens (including phenoxy) is 1. The maximum Gasteiger partial charge on any atom is 0.371 e. The number of carboxylic acid groups (broad SMARTS) is 1. The summed E-state index contributed by atoms with van der Waals surface area (Å²) in [6, 6.07) is 5.79. The maximum absolute atomic E-state index is 10.7. The van der Waals surface area contributed by atoms with E-state index < -0.39 is 5.97 Å². The fraction of sp³-hybridized carbons (Fsp3) is 0.100. The molecule has 15 heavy (non-hydrogen) atoms. The predicted molar refractivity (Wildman–Crippen MR) is 54.5 cm³/mol. The molecule has 0 atom stereocenters. The summed E-state index contributed by atoms with van der Waals surface area (Å²) in [5.41, 5.74) is 0.615. The highest BCUT2D eigenvalue weighted by molar-refractivity contribution is 5.89. The standard InChI is InChI=1S/C10H10O4.H3N/c1-14-9(10(12)13)6-7-2-4-8(11)5-3-7;/h2-6,11H,1H3,(H,12,13);1H3. The number of rotatable bonds is 3. The van der Waals surface area contributed by atoms with Gasteiger partial charge >= 0.3 is 5.97 Å². The highest BCUT2D eigenvalue weighted by Crippen LogP contribution is 2.11. The van der Waals surface area contributed by atoms with E-state index in [9.17, 15) is 9.90 Å². The summed E-state index contributed by atoms with van der Waals surface area (Å²) in [4.78, 5) is 10.5. The lowest BCUT2D eigenvalue weighted by molar-refractivity contribution is -0.268. The summed E-state index contributed by atoms with van der Waals surface area (Å²) in [5, 5.41) is 19.4. The lowest BCUT2D eigenvalue weighted by Gasteiger charge is -2.04. The SMILES string of the molecule is COC(=Cc1ccc([O-])cc1)C(=O)O.[NH4+]. The van der Waals surface area contributed by atoms with Crippen molar-refractivity contribution in [2.45, 2.75) is 0 Å². The number of hydrogen-bond donors (Lipinski definition) is 2. The van der Waals surface area contributed by atoms with Crippen LogP contribution in [0.5, 0.6) is 5.75 Å². The second kappa shape index (κ2) is 5.66. The molecule has 0 radical (unpaired) electrons. The van der Waals surface area contributed by atoms with Crippen molar-refractivity contribution in [1.29, 1.82) is 0 Å². The number of aliphatic carboxylic acids is 1. The van der Waals surface area contributed by atoms with Gasteiger partial charge in [-0.1, -0.05) is 24.3 Å². The number of hydrogen-bond acceptors (Lipinski definition) is 3. The van der Waals surface area contributed by atoms with Crippen LogP contribution >= 0.6 is 0 Å². The third-order valence-electron chi connectivity index (χ3n) is 1.61. The average Bonchev–Trinajstić information content (AvgIpc) is 2.16. The molecule has 0 saturated carbocycles. The topological polar surface area (TPSA) is 106 Å². The first-order valence-corrected chi connectivity index (χ1v) is 3.89. The molecule has 5 heteroatoms. The molecule has 0 bridgehead atoms. The summed E-state index contributed by atoms with van der Waals surface area (Å²) in [5.74, 6) is -1.42. The Bertz CT molecular complexity index is 356. The first kappa shape index (κ1) is 13.0. The van der Waals surface area contributed by atoms with Crippen molar-refractivity contribution in [1.82, 2.24) is 6.15 Å². The van der Waals surface area contributed by atoms with Gasteiger partial charge in [0.2, 0.25) is 5.76 Å². The zero-order valence-corrected chi connectivity index (χ0v) is 8.56. The molecule has 0 unspecified atom stereocenters. The molecule has 0 aliphatic heterocycles. The molecule has 0 heterocycles. The number of benzene rings is 1. The smallest absolute Gasteiger partial charge is 0.371 e. The summed E-state index contributed by atoms with van der Waals surface area (Å²) in [6.07, 6.45) is 1.35. The van der Waals surface area contributed by atoms with Crippen molar-refractivity contribution in [3.8, 4) is 5.75 Å². The van der Waals surface area contributed by atoms with Gasteiger partial charge in [-0.05, 0) is 11.6 Å². The Morgan fingerprint density at radius 3 is 2.33 bits per heavy atom. The second-order valence-electron chi connectivity index (χ2n) is 2.59. The van der Waals surface area contributed by atoms with E-state index >= 15 is 0 Å². The van der Waals surface area contributed by atoms with E-state index in [1.165, 1.54) is 37.5 Å². The zero-order chi connectivity index (χ0) is 10.6. The Labute approximate surface area is 87.2 Å². The summed E-state index contributed by atoms with van der Waals surface area (Å²) in [6.45, 7) is 0. The Kier molecular flexibility index (Phi) is 4.90. The van der Waals surface area contributed by atoms with Gasteiger partial charge in [0.15, 0.2) is 0 Å². The van der Waals surface area contributed by atoms with Crippen LogP contribution in [0.2, 0.25) is 0 Å². The number of methoxy groups -OCH3 is 1. The molecule has 0 aliphatic carbocycles. The average molecular weight is 211 g/mol. The third kappa shape index (κ3) is 3.70. The van der Waals surface area contributed by atoms with Crippen LogP contribution in [0.3, 0.4) is 0 Å². The minimum atomic E-state index is -1.14. The maximum atomic E-state index is 10.7. The highest BCUT2D eigenvalue weighted by Gasteiger charge is 2.05. The van der Waals surface area contributed by atoms with E-state index in [4.69, 9.17) is 5.11 Å². The lowest BCUT2D eigenvalue weighted by Crippen LogP contribution is -2.01. The van der Waals surface area contributed by atoms with Gasteiger partial charge in [-0.25, -0.2) is 4.79 Å². The first-order chi connectivity index (χ1) is 6.63. The van der Waals surface area contributed by atoms with Gasteiger partial charge < -0.3 is 21.1 Å². The normalized spacial score (nSPS) is 10.3. The second-order valence-corrected chi connectivity index (χ2v) is 2.59. The van der Waals surface area contributed by atoms with E-state index in [0.717, 1.165) is 0 Å². The van der Waals surface area contributed by atoms with Crippen LogP contribution < -0.4 is 11.3 Å². The quantitative estimate of drug-likeness (QED) is 0.578. The largest absolute Gasteiger partial charge is 0.872 e. The number of quaternary nitrogens is 1.